The first-order valence-electron chi connectivity index (χ1n) is 7.80. The smallest absolute Gasteiger partial charge is 0.0482 e. The van der Waals surface area contributed by atoms with E-state index in [4.69, 9.17) is 5.84 Å². The quantitative estimate of drug-likeness (QED) is 0.645. The third-order valence-corrected chi connectivity index (χ3v) is 5.75. The van der Waals surface area contributed by atoms with E-state index in [9.17, 15) is 0 Å². The molecule has 3 N–H and O–H groups in total. The molecule has 3 nitrogen and oxygen atoms in total. The Balaban J connectivity index is 1.61. The van der Waals surface area contributed by atoms with Gasteiger partial charge in [-0.05, 0) is 61.5 Å². The lowest BCUT2D eigenvalue weighted by atomic mass is 9.79. The first-order chi connectivity index (χ1) is 9.40. The fourth-order valence-corrected chi connectivity index (χ4v) is 4.90. The lowest BCUT2D eigenvalue weighted by molar-refractivity contribution is 0.325. The van der Waals surface area contributed by atoms with Crippen LogP contribution in [0.2, 0.25) is 0 Å². The van der Waals surface area contributed by atoms with E-state index in [0.717, 1.165) is 17.8 Å². The molecule has 0 spiro atoms. The maximum absolute atomic E-state index is 5.93. The summed E-state index contributed by atoms with van der Waals surface area (Å²) in [5.41, 5.74) is 5.93. The van der Waals surface area contributed by atoms with Crippen molar-refractivity contribution in [3.8, 4) is 0 Å². The largest absolute Gasteiger partial charge is 0.271 e. The number of pyridine rings is 1. The van der Waals surface area contributed by atoms with Gasteiger partial charge >= 0.3 is 0 Å². The minimum Gasteiger partial charge on any atom is -0.271 e. The molecule has 0 bridgehead atoms. The maximum Gasteiger partial charge on any atom is 0.0482 e. The van der Waals surface area contributed by atoms with Gasteiger partial charge in [0.2, 0.25) is 0 Å². The number of hydrazine groups is 1. The second-order valence-electron chi connectivity index (χ2n) is 6.57. The normalized spacial score (nSPS) is 37.5. The van der Waals surface area contributed by atoms with Crippen LogP contribution >= 0.6 is 0 Å². The summed E-state index contributed by atoms with van der Waals surface area (Å²) in [5.74, 6) is 9.18. The van der Waals surface area contributed by atoms with Crippen LogP contribution in [-0.4, -0.2) is 11.0 Å². The van der Waals surface area contributed by atoms with Gasteiger partial charge in [-0.25, -0.2) is 0 Å². The van der Waals surface area contributed by atoms with Crippen LogP contribution in [0.5, 0.6) is 0 Å². The summed E-state index contributed by atoms with van der Waals surface area (Å²) in [5, 5.41) is 0. The Morgan fingerprint density at radius 3 is 2.84 bits per heavy atom. The van der Waals surface area contributed by atoms with E-state index in [1.807, 2.05) is 6.20 Å². The van der Waals surface area contributed by atoms with Crippen LogP contribution in [0.25, 0.3) is 0 Å². The highest BCUT2D eigenvalue weighted by atomic mass is 15.2. The summed E-state index contributed by atoms with van der Waals surface area (Å²) in [7, 11) is 0. The maximum atomic E-state index is 5.93. The Morgan fingerprint density at radius 1 is 1.21 bits per heavy atom. The van der Waals surface area contributed by atoms with Gasteiger partial charge in [-0.15, -0.1) is 0 Å². The zero-order chi connectivity index (χ0) is 12.8. The predicted octanol–water partition coefficient (Wildman–Crippen LogP) is 2.38. The SMILES string of the molecule is NNC(C1CCCc2cccnc21)C1C2CCCC21. The van der Waals surface area contributed by atoms with Crippen molar-refractivity contribution in [2.45, 2.75) is 50.5 Å². The van der Waals surface area contributed by atoms with E-state index < -0.39 is 0 Å². The molecule has 0 amide bonds. The Kier molecular flexibility index (Phi) is 2.85. The molecular formula is C16H23N3. The zero-order valence-corrected chi connectivity index (χ0v) is 11.4. The molecule has 3 heteroatoms. The van der Waals surface area contributed by atoms with Crippen LogP contribution in [0.3, 0.4) is 0 Å². The van der Waals surface area contributed by atoms with Crippen LogP contribution in [-0.2, 0) is 6.42 Å². The molecule has 4 atom stereocenters. The molecule has 102 valence electrons. The highest BCUT2D eigenvalue weighted by Crippen LogP contribution is 2.61. The number of nitrogens with two attached hydrogens (primary N) is 1. The molecule has 0 saturated heterocycles. The van der Waals surface area contributed by atoms with Crippen molar-refractivity contribution in [3.63, 3.8) is 0 Å². The van der Waals surface area contributed by atoms with Crippen molar-refractivity contribution in [1.82, 2.24) is 10.4 Å². The van der Waals surface area contributed by atoms with Gasteiger partial charge in [0, 0.05) is 23.9 Å². The summed E-state index contributed by atoms with van der Waals surface area (Å²) in [4.78, 5) is 4.68. The van der Waals surface area contributed by atoms with Crippen molar-refractivity contribution in [2.24, 2.45) is 23.6 Å². The second kappa shape index (κ2) is 4.57. The Hall–Kier alpha value is -0.930. The summed E-state index contributed by atoms with van der Waals surface area (Å²) in [6.07, 6.45) is 9.94. The fraction of sp³-hybridized carbons (Fsp3) is 0.688. The molecule has 3 aliphatic rings. The molecule has 4 rings (SSSR count). The third kappa shape index (κ3) is 1.83. The summed E-state index contributed by atoms with van der Waals surface area (Å²) >= 11 is 0. The number of nitrogens with one attached hydrogen (secondary N) is 1. The van der Waals surface area contributed by atoms with Gasteiger partial charge in [0.05, 0.1) is 0 Å². The fourth-order valence-electron chi connectivity index (χ4n) is 4.90. The number of nitrogens with zero attached hydrogens (tertiary/aromatic N) is 1. The second-order valence-corrected chi connectivity index (χ2v) is 6.57. The predicted molar refractivity (Wildman–Crippen MR) is 75.3 cm³/mol. The molecule has 1 heterocycles. The number of aryl methyl sites for hydroxylation is 1. The van der Waals surface area contributed by atoms with Crippen molar-refractivity contribution in [3.05, 3.63) is 29.6 Å². The summed E-state index contributed by atoms with van der Waals surface area (Å²) < 4.78 is 0. The first kappa shape index (κ1) is 11.9. The number of aromatic nitrogens is 1. The van der Waals surface area contributed by atoms with Crippen molar-refractivity contribution >= 4 is 0 Å². The zero-order valence-electron chi connectivity index (χ0n) is 11.4. The van der Waals surface area contributed by atoms with Crippen LogP contribution in [0, 0.1) is 17.8 Å². The van der Waals surface area contributed by atoms with Crippen molar-refractivity contribution < 1.29 is 0 Å². The molecule has 1 aromatic heterocycles. The van der Waals surface area contributed by atoms with Gasteiger partial charge in [-0.1, -0.05) is 12.5 Å². The lowest BCUT2D eigenvalue weighted by Crippen LogP contribution is -2.43. The molecule has 19 heavy (non-hydrogen) atoms. The monoisotopic (exact) mass is 257 g/mol. The van der Waals surface area contributed by atoms with Crippen LogP contribution < -0.4 is 11.3 Å². The summed E-state index contributed by atoms with van der Waals surface area (Å²) in [6, 6.07) is 4.76. The van der Waals surface area contributed by atoms with Crippen LogP contribution in [0.4, 0.5) is 0 Å². The van der Waals surface area contributed by atoms with Crippen LogP contribution in [0.1, 0.15) is 49.3 Å². The molecule has 2 fully saturated rings. The molecule has 0 aliphatic heterocycles. The molecule has 3 aliphatic carbocycles. The standard InChI is InChI=1S/C16H23N3/c17-19-16(14-11-6-2-7-12(11)14)13-8-1-4-10-5-3-9-18-15(10)13/h3,5,9,11-14,16,19H,1-2,4,6-8,17H2. The molecular weight excluding hydrogens is 234 g/mol. The third-order valence-electron chi connectivity index (χ3n) is 5.75. The van der Waals surface area contributed by atoms with Crippen LogP contribution in [0.15, 0.2) is 18.3 Å². The topological polar surface area (TPSA) is 50.9 Å². The van der Waals surface area contributed by atoms with E-state index >= 15 is 0 Å². The van der Waals surface area contributed by atoms with Gasteiger partial charge in [-0.2, -0.15) is 0 Å². The van der Waals surface area contributed by atoms with Gasteiger partial charge < -0.3 is 0 Å². The van der Waals surface area contributed by atoms with Gasteiger partial charge in [0.15, 0.2) is 0 Å². The number of hydrogen-bond acceptors (Lipinski definition) is 3. The first-order valence-corrected chi connectivity index (χ1v) is 7.80. The molecule has 2 saturated carbocycles. The average Bonchev–Trinajstić information content (AvgIpc) is 2.93. The van der Waals surface area contributed by atoms with E-state index in [-0.39, 0.29) is 0 Å². The number of hydrogen-bond donors (Lipinski definition) is 2. The Morgan fingerprint density at radius 2 is 2.05 bits per heavy atom. The van der Waals surface area contributed by atoms with Gasteiger partial charge in [-0.3, -0.25) is 16.3 Å². The van der Waals surface area contributed by atoms with Crippen molar-refractivity contribution in [1.29, 1.82) is 0 Å². The Bertz CT molecular complexity index is 463. The number of rotatable bonds is 3. The van der Waals surface area contributed by atoms with Crippen molar-refractivity contribution in [2.75, 3.05) is 0 Å². The van der Waals surface area contributed by atoms with E-state index in [1.165, 1.54) is 49.8 Å². The van der Waals surface area contributed by atoms with E-state index in [2.05, 4.69) is 22.5 Å². The molecule has 0 radical (unpaired) electrons. The minimum absolute atomic E-state index is 0.448. The molecule has 1 aromatic rings. The van der Waals surface area contributed by atoms with E-state index in [0.29, 0.717) is 12.0 Å². The molecule has 4 unspecified atom stereocenters. The summed E-state index contributed by atoms with van der Waals surface area (Å²) in [6.45, 7) is 0. The lowest BCUT2D eigenvalue weighted by Gasteiger charge is -2.32. The Labute approximate surface area is 115 Å². The number of fused-ring (bicyclic) bond motifs is 2. The highest BCUT2D eigenvalue weighted by Gasteiger charge is 2.57. The minimum atomic E-state index is 0.448. The van der Waals surface area contributed by atoms with Gasteiger partial charge in [0.25, 0.3) is 0 Å². The average molecular weight is 257 g/mol. The highest BCUT2D eigenvalue weighted by molar-refractivity contribution is 5.28. The van der Waals surface area contributed by atoms with E-state index in [1.54, 1.807) is 0 Å². The van der Waals surface area contributed by atoms with Gasteiger partial charge in [0.1, 0.15) is 0 Å². The molecule has 0 aromatic carbocycles.